The van der Waals surface area contributed by atoms with Crippen molar-refractivity contribution in [3.8, 4) is 5.75 Å². The van der Waals surface area contributed by atoms with Crippen LogP contribution in [-0.4, -0.2) is 42.1 Å². The van der Waals surface area contributed by atoms with Crippen molar-refractivity contribution in [3.63, 3.8) is 0 Å². The summed E-state index contributed by atoms with van der Waals surface area (Å²) in [7, 11) is 1.96. The molecule has 1 N–H and O–H groups in total. The lowest BCUT2D eigenvalue weighted by atomic mass is 10.1. The largest absolute Gasteiger partial charge is 0.491 e. The third-order valence-corrected chi connectivity index (χ3v) is 4.38. The van der Waals surface area contributed by atoms with E-state index >= 15 is 0 Å². The standard InChI is InChI=1S/C19H22BrNO3/c1-14(22)15-7-5-8-18(10-15)24-13-17(23)12-21(2)11-16-6-3-4-9-19(16)20/h3-10,17,23H,11-13H2,1-2H3. The van der Waals surface area contributed by atoms with Crippen LogP contribution in [0.3, 0.4) is 0 Å². The molecule has 0 aliphatic rings. The molecule has 0 aliphatic heterocycles. The topological polar surface area (TPSA) is 49.8 Å². The van der Waals surface area contributed by atoms with E-state index in [9.17, 15) is 9.90 Å². The van der Waals surface area contributed by atoms with Crippen LogP contribution in [0.25, 0.3) is 0 Å². The van der Waals surface area contributed by atoms with Crippen LogP contribution in [0.1, 0.15) is 22.8 Å². The van der Waals surface area contributed by atoms with E-state index in [2.05, 4.69) is 22.0 Å². The predicted molar refractivity (Wildman–Crippen MR) is 98.4 cm³/mol. The number of likely N-dealkylation sites (N-methyl/N-ethyl adjacent to an activating group) is 1. The van der Waals surface area contributed by atoms with Crippen LogP contribution in [0, 0.1) is 0 Å². The zero-order valence-electron chi connectivity index (χ0n) is 13.9. The molecule has 0 spiro atoms. The number of aliphatic hydroxyl groups excluding tert-OH is 1. The Morgan fingerprint density at radius 1 is 1.25 bits per heavy atom. The molecular formula is C19H22BrNO3. The van der Waals surface area contributed by atoms with Gasteiger partial charge in [-0.3, -0.25) is 9.69 Å². The Bertz CT molecular complexity index is 690. The maximum Gasteiger partial charge on any atom is 0.159 e. The predicted octanol–water partition coefficient (Wildman–Crippen LogP) is 3.52. The molecule has 0 aromatic heterocycles. The normalized spacial score (nSPS) is 12.2. The second-order valence-electron chi connectivity index (χ2n) is 5.84. The molecule has 0 fully saturated rings. The van der Waals surface area contributed by atoms with Crippen molar-refractivity contribution in [2.45, 2.75) is 19.6 Å². The Labute approximate surface area is 151 Å². The van der Waals surface area contributed by atoms with Crippen molar-refractivity contribution >= 4 is 21.7 Å². The van der Waals surface area contributed by atoms with Crippen molar-refractivity contribution in [1.82, 2.24) is 4.90 Å². The second-order valence-corrected chi connectivity index (χ2v) is 6.69. The molecule has 4 nitrogen and oxygen atoms in total. The first-order valence-corrected chi connectivity index (χ1v) is 8.59. The molecule has 128 valence electrons. The van der Waals surface area contributed by atoms with Gasteiger partial charge in [-0.15, -0.1) is 0 Å². The van der Waals surface area contributed by atoms with Crippen LogP contribution < -0.4 is 4.74 Å². The molecule has 5 heteroatoms. The van der Waals surface area contributed by atoms with E-state index in [4.69, 9.17) is 4.74 Å². The number of ether oxygens (including phenoxy) is 1. The number of carbonyl (C=O) groups excluding carboxylic acids is 1. The van der Waals surface area contributed by atoms with Gasteiger partial charge in [0.05, 0.1) is 0 Å². The van der Waals surface area contributed by atoms with Gasteiger partial charge in [0, 0.05) is 23.1 Å². The average molecular weight is 392 g/mol. The number of benzene rings is 2. The summed E-state index contributed by atoms with van der Waals surface area (Å²) in [4.78, 5) is 13.4. The van der Waals surface area contributed by atoms with E-state index in [0.717, 1.165) is 11.0 Å². The minimum Gasteiger partial charge on any atom is -0.491 e. The highest BCUT2D eigenvalue weighted by molar-refractivity contribution is 9.10. The fourth-order valence-electron chi connectivity index (χ4n) is 2.39. The van der Waals surface area contributed by atoms with Crippen molar-refractivity contribution in [1.29, 1.82) is 0 Å². The van der Waals surface area contributed by atoms with Crippen LogP contribution in [-0.2, 0) is 6.54 Å². The van der Waals surface area contributed by atoms with Gasteiger partial charge in [-0.1, -0.05) is 46.3 Å². The summed E-state index contributed by atoms with van der Waals surface area (Å²) in [5.74, 6) is 0.587. The summed E-state index contributed by atoms with van der Waals surface area (Å²) in [5.41, 5.74) is 1.77. The summed E-state index contributed by atoms with van der Waals surface area (Å²) < 4.78 is 6.65. The molecule has 2 rings (SSSR count). The fourth-order valence-corrected chi connectivity index (χ4v) is 2.80. The molecule has 0 heterocycles. The number of nitrogens with zero attached hydrogens (tertiary/aromatic N) is 1. The maximum absolute atomic E-state index is 11.4. The Hall–Kier alpha value is -1.69. The SMILES string of the molecule is CC(=O)c1cccc(OCC(O)CN(C)Cc2ccccc2Br)c1. The number of rotatable bonds is 8. The zero-order chi connectivity index (χ0) is 17.5. The van der Waals surface area contributed by atoms with Gasteiger partial charge in [0.1, 0.15) is 18.5 Å². The lowest BCUT2D eigenvalue weighted by Crippen LogP contribution is -2.32. The highest BCUT2D eigenvalue weighted by Crippen LogP contribution is 2.17. The number of Topliss-reactive ketones (excluding diaryl/α,β-unsaturated/α-hetero) is 1. The average Bonchev–Trinajstić information content (AvgIpc) is 2.55. The van der Waals surface area contributed by atoms with Crippen LogP contribution in [0.5, 0.6) is 5.75 Å². The van der Waals surface area contributed by atoms with Gasteiger partial charge >= 0.3 is 0 Å². The third kappa shape index (κ3) is 5.74. The van der Waals surface area contributed by atoms with E-state index in [1.54, 1.807) is 24.3 Å². The van der Waals surface area contributed by atoms with Gasteiger partial charge in [0.25, 0.3) is 0 Å². The number of halogens is 1. The Morgan fingerprint density at radius 3 is 2.71 bits per heavy atom. The number of hydrogen-bond donors (Lipinski definition) is 1. The van der Waals surface area contributed by atoms with Gasteiger partial charge in [-0.2, -0.15) is 0 Å². The molecule has 0 saturated carbocycles. The van der Waals surface area contributed by atoms with Gasteiger partial charge in [0.15, 0.2) is 5.78 Å². The Kier molecular flexibility index (Phi) is 6.97. The van der Waals surface area contributed by atoms with Crippen molar-refractivity contribution in [3.05, 3.63) is 64.1 Å². The molecule has 0 amide bonds. The van der Waals surface area contributed by atoms with E-state index < -0.39 is 6.10 Å². The lowest BCUT2D eigenvalue weighted by molar-refractivity contribution is 0.0743. The summed E-state index contributed by atoms with van der Waals surface area (Å²) in [6, 6.07) is 15.0. The summed E-state index contributed by atoms with van der Waals surface area (Å²) in [6.07, 6.45) is -0.613. The van der Waals surface area contributed by atoms with Crippen LogP contribution >= 0.6 is 15.9 Å². The smallest absolute Gasteiger partial charge is 0.159 e. The van der Waals surface area contributed by atoms with Gasteiger partial charge in [0.2, 0.25) is 0 Å². The minimum absolute atomic E-state index is 0.00540. The fraction of sp³-hybridized carbons (Fsp3) is 0.316. The van der Waals surface area contributed by atoms with Crippen molar-refractivity contribution in [2.75, 3.05) is 20.2 Å². The molecule has 1 atom stereocenters. The molecule has 0 aliphatic carbocycles. The van der Waals surface area contributed by atoms with E-state index in [1.807, 2.05) is 30.1 Å². The quantitative estimate of drug-likeness (QED) is 0.699. The Balaban J connectivity index is 1.82. The molecule has 0 radical (unpaired) electrons. The first-order chi connectivity index (χ1) is 11.5. The van der Waals surface area contributed by atoms with Gasteiger partial charge in [-0.25, -0.2) is 0 Å². The van der Waals surface area contributed by atoms with E-state index in [1.165, 1.54) is 12.5 Å². The molecule has 2 aromatic rings. The second kappa shape index (κ2) is 8.97. The summed E-state index contributed by atoms with van der Waals surface area (Å²) >= 11 is 3.53. The lowest BCUT2D eigenvalue weighted by Gasteiger charge is -2.21. The monoisotopic (exact) mass is 391 g/mol. The first kappa shape index (κ1) is 18.6. The van der Waals surface area contributed by atoms with Crippen LogP contribution in [0.4, 0.5) is 0 Å². The van der Waals surface area contributed by atoms with Crippen LogP contribution in [0.2, 0.25) is 0 Å². The molecule has 24 heavy (non-hydrogen) atoms. The van der Waals surface area contributed by atoms with Crippen molar-refractivity contribution < 1.29 is 14.6 Å². The van der Waals surface area contributed by atoms with Gasteiger partial charge in [-0.05, 0) is 37.7 Å². The highest BCUT2D eigenvalue weighted by Gasteiger charge is 2.11. The molecular weight excluding hydrogens is 370 g/mol. The number of carbonyl (C=O) groups is 1. The molecule has 0 saturated heterocycles. The van der Waals surface area contributed by atoms with E-state index in [0.29, 0.717) is 17.9 Å². The molecule has 1 unspecified atom stereocenters. The zero-order valence-corrected chi connectivity index (χ0v) is 15.5. The summed E-state index contributed by atoms with van der Waals surface area (Å²) in [6.45, 7) is 2.93. The third-order valence-electron chi connectivity index (χ3n) is 3.60. The minimum atomic E-state index is -0.613. The number of hydrogen-bond acceptors (Lipinski definition) is 4. The number of ketones is 1. The molecule has 2 aromatic carbocycles. The number of aliphatic hydroxyl groups is 1. The maximum atomic E-state index is 11.4. The molecule has 0 bridgehead atoms. The summed E-state index contributed by atoms with van der Waals surface area (Å²) in [5, 5.41) is 10.2. The highest BCUT2D eigenvalue weighted by atomic mass is 79.9. The van der Waals surface area contributed by atoms with Gasteiger partial charge < -0.3 is 9.84 Å². The van der Waals surface area contributed by atoms with Crippen molar-refractivity contribution in [2.24, 2.45) is 0 Å². The Morgan fingerprint density at radius 2 is 2.00 bits per heavy atom. The first-order valence-electron chi connectivity index (χ1n) is 7.79. The van der Waals surface area contributed by atoms with E-state index in [-0.39, 0.29) is 12.4 Å². The van der Waals surface area contributed by atoms with Crippen LogP contribution in [0.15, 0.2) is 53.0 Å².